The number of nitrogens with zero attached hydrogens (tertiary/aromatic N) is 1. The van der Waals surface area contributed by atoms with E-state index in [0.29, 0.717) is 24.0 Å². The summed E-state index contributed by atoms with van der Waals surface area (Å²) in [4.78, 5) is 13.9. The van der Waals surface area contributed by atoms with Gasteiger partial charge in [-0.3, -0.25) is 10.2 Å². The van der Waals surface area contributed by atoms with Crippen molar-refractivity contribution in [2.45, 2.75) is 25.8 Å². The number of carbonyl (C=O) groups excluding carboxylic acids is 1. The lowest BCUT2D eigenvalue weighted by Gasteiger charge is -2.24. The summed E-state index contributed by atoms with van der Waals surface area (Å²) in [6, 6.07) is 7.72. The molecule has 0 aromatic heterocycles. The molecule has 1 unspecified atom stereocenters. The number of hydrogen-bond donors (Lipinski definition) is 2. The van der Waals surface area contributed by atoms with Gasteiger partial charge in [0, 0.05) is 12.6 Å². The summed E-state index contributed by atoms with van der Waals surface area (Å²) >= 11 is 0. The first-order chi connectivity index (χ1) is 9.63. The maximum absolute atomic E-state index is 11.6. The average molecular weight is 277 g/mol. The second-order valence-corrected chi connectivity index (χ2v) is 5.38. The molecule has 0 bridgehead atoms. The maximum atomic E-state index is 11.6. The fourth-order valence-electron chi connectivity index (χ4n) is 2.30. The number of carbonyl (C=O) groups is 1. The minimum absolute atomic E-state index is 0.333. The summed E-state index contributed by atoms with van der Waals surface area (Å²) in [7, 11) is 2.12. The highest BCUT2D eigenvalue weighted by molar-refractivity contribution is 5.96. The van der Waals surface area contributed by atoms with Gasteiger partial charge in [-0.25, -0.2) is 5.84 Å². The molecule has 0 saturated heterocycles. The number of amides is 1. The van der Waals surface area contributed by atoms with Gasteiger partial charge in [0.15, 0.2) is 0 Å². The first-order valence-electron chi connectivity index (χ1n) is 7.06. The van der Waals surface area contributed by atoms with Crippen LogP contribution in [0.2, 0.25) is 0 Å². The molecule has 0 spiro atoms. The first-order valence-corrected chi connectivity index (χ1v) is 7.06. The van der Waals surface area contributed by atoms with Gasteiger partial charge < -0.3 is 9.64 Å². The quantitative estimate of drug-likeness (QED) is 0.449. The number of likely N-dealkylation sites (N-methyl/N-ethyl adjacent to an activating group) is 1. The number of nitrogens with two attached hydrogens (primary N) is 1. The van der Waals surface area contributed by atoms with Crippen molar-refractivity contribution in [2.75, 3.05) is 20.2 Å². The van der Waals surface area contributed by atoms with E-state index in [1.165, 1.54) is 12.8 Å². The Kier molecular flexibility index (Phi) is 4.98. The first kappa shape index (κ1) is 14.8. The molecule has 1 atom stereocenters. The van der Waals surface area contributed by atoms with Crippen LogP contribution in [-0.2, 0) is 0 Å². The molecule has 20 heavy (non-hydrogen) atoms. The van der Waals surface area contributed by atoms with E-state index in [1.807, 2.05) is 6.07 Å². The van der Waals surface area contributed by atoms with E-state index in [9.17, 15) is 4.79 Å². The van der Waals surface area contributed by atoms with Crippen molar-refractivity contribution >= 4 is 5.91 Å². The number of ether oxygens (including phenoxy) is 1. The zero-order valence-electron chi connectivity index (χ0n) is 12.1. The normalized spacial score (nSPS) is 16.0. The van der Waals surface area contributed by atoms with Crippen LogP contribution in [0.15, 0.2) is 24.3 Å². The molecule has 5 heteroatoms. The molecule has 1 aromatic rings. The highest BCUT2D eigenvalue weighted by Crippen LogP contribution is 2.34. The summed E-state index contributed by atoms with van der Waals surface area (Å²) in [6.07, 6.45) is 2.68. The van der Waals surface area contributed by atoms with Crippen LogP contribution >= 0.6 is 0 Å². The van der Waals surface area contributed by atoms with Crippen molar-refractivity contribution in [1.29, 1.82) is 0 Å². The van der Waals surface area contributed by atoms with Crippen LogP contribution in [0.5, 0.6) is 5.75 Å². The third kappa shape index (κ3) is 3.71. The second-order valence-electron chi connectivity index (χ2n) is 5.38. The summed E-state index contributed by atoms with van der Waals surface area (Å²) in [6.45, 7) is 3.66. The number of para-hydroxylation sites is 1. The van der Waals surface area contributed by atoms with E-state index < -0.39 is 0 Å². The second kappa shape index (κ2) is 6.72. The van der Waals surface area contributed by atoms with Crippen LogP contribution in [0.1, 0.15) is 30.1 Å². The molecule has 1 aromatic carbocycles. The van der Waals surface area contributed by atoms with Crippen LogP contribution in [0.4, 0.5) is 0 Å². The fraction of sp³-hybridized carbons (Fsp3) is 0.533. The van der Waals surface area contributed by atoms with Gasteiger partial charge in [0.2, 0.25) is 0 Å². The average Bonchev–Trinajstić information content (AvgIpc) is 3.30. The van der Waals surface area contributed by atoms with Gasteiger partial charge in [-0.15, -0.1) is 0 Å². The number of rotatable bonds is 7. The largest absolute Gasteiger partial charge is 0.491 e. The van der Waals surface area contributed by atoms with Gasteiger partial charge in [0.05, 0.1) is 5.56 Å². The highest BCUT2D eigenvalue weighted by atomic mass is 16.5. The minimum atomic E-state index is -0.333. The Morgan fingerprint density at radius 3 is 2.85 bits per heavy atom. The molecule has 0 heterocycles. The lowest BCUT2D eigenvalue weighted by atomic mass is 10.2. The Balaban J connectivity index is 1.86. The number of hydrazine groups is 1. The van der Waals surface area contributed by atoms with Crippen LogP contribution in [-0.4, -0.2) is 37.0 Å². The van der Waals surface area contributed by atoms with Gasteiger partial charge in [-0.2, -0.15) is 0 Å². The zero-order valence-corrected chi connectivity index (χ0v) is 12.1. The topological polar surface area (TPSA) is 67.6 Å². The van der Waals surface area contributed by atoms with Gasteiger partial charge in [0.1, 0.15) is 12.4 Å². The molecule has 1 aliphatic carbocycles. The van der Waals surface area contributed by atoms with E-state index in [4.69, 9.17) is 10.6 Å². The molecule has 1 saturated carbocycles. The van der Waals surface area contributed by atoms with Gasteiger partial charge >= 0.3 is 0 Å². The van der Waals surface area contributed by atoms with Gasteiger partial charge in [-0.05, 0) is 44.9 Å². The summed E-state index contributed by atoms with van der Waals surface area (Å²) < 4.78 is 5.72. The predicted molar refractivity (Wildman–Crippen MR) is 78.4 cm³/mol. The van der Waals surface area contributed by atoms with Crippen molar-refractivity contribution in [3.05, 3.63) is 29.8 Å². The molecule has 5 nitrogen and oxygen atoms in total. The molecule has 0 radical (unpaired) electrons. The van der Waals surface area contributed by atoms with Crippen molar-refractivity contribution in [3.8, 4) is 5.75 Å². The molecule has 0 aliphatic heterocycles. The smallest absolute Gasteiger partial charge is 0.268 e. The van der Waals surface area contributed by atoms with E-state index in [1.54, 1.807) is 18.2 Å². The molecular formula is C15H23N3O2. The van der Waals surface area contributed by atoms with Gasteiger partial charge in [-0.1, -0.05) is 12.1 Å². The Morgan fingerprint density at radius 1 is 1.50 bits per heavy atom. The summed E-state index contributed by atoms with van der Waals surface area (Å²) in [5.74, 6) is 6.25. The van der Waals surface area contributed by atoms with E-state index in [2.05, 4.69) is 24.3 Å². The van der Waals surface area contributed by atoms with E-state index >= 15 is 0 Å². The van der Waals surface area contributed by atoms with E-state index in [0.717, 1.165) is 12.5 Å². The van der Waals surface area contributed by atoms with Crippen LogP contribution < -0.4 is 16.0 Å². The number of nitrogens with one attached hydrogen (secondary N) is 1. The number of hydrogen-bond acceptors (Lipinski definition) is 4. The monoisotopic (exact) mass is 277 g/mol. The lowest BCUT2D eigenvalue weighted by molar-refractivity contribution is 0.0948. The Bertz CT molecular complexity index is 460. The van der Waals surface area contributed by atoms with Crippen molar-refractivity contribution in [2.24, 2.45) is 11.8 Å². The third-order valence-electron chi connectivity index (χ3n) is 3.96. The van der Waals surface area contributed by atoms with E-state index in [-0.39, 0.29) is 5.91 Å². The standard InChI is InChI=1S/C15H23N3O2/c1-11(12-7-8-12)18(2)9-10-20-14-6-4-3-5-13(14)15(19)17-16/h3-6,11-12H,7-10,16H2,1-2H3,(H,17,19). The van der Waals surface area contributed by atoms with Crippen LogP contribution in [0.3, 0.4) is 0 Å². The van der Waals surface area contributed by atoms with Crippen LogP contribution in [0, 0.1) is 5.92 Å². The van der Waals surface area contributed by atoms with Crippen molar-refractivity contribution < 1.29 is 9.53 Å². The molecule has 110 valence electrons. The molecule has 2 rings (SSSR count). The fourth-order valence-corrected chi connectivity index (χ4v) is 2.30. The molecular weight excluding hydrogens is 254 g/mol. The summed E-state index contributed by atoms with van der Waals surface area (Å²) in [5.41, 5.74) is 2.60. The highest BCUT2D eigenvalue weighted by Gasteiger charge is 2.30. The van der Waals surface area contributed by atoms with Crippen molar-refractivity contribution in [3.63, 3.8) is 0 Å². The molecule has 1 amide bonds. The zero-order chi connectivity index (χ0) is 14.5. The Morgan fingerprint density at radius 2 is 2.20 bits per heavy atom. The molecule has 1 fully saturated rings. The Labute approximate surface area is 120 Å². The number of nitrogen functional groups attached to an aromatic ring is 1. The minimum Gasteiger partial charge on any atom is -0.491 e. The molecule has 3 N–H and O–H groups in total. The summed E-state index contributed by atoms with van der Waals surface area (Å²) in [5, 5.41) is 0. The third-order valence-corrected chi connectivity index (χ3v) is 3.96. The predicted octanol–water partition coefficient (Wildman–Crippen LogP) is 1.40. The lowest BCUT2D eigenvalue weighted by Crippen LogP contribution is -2.34. The number of benzene rings is 1. The van der Waals surface area contributed by atoms with Crippen molar-refractivity contribution in [1.82, 2.24) is 10.3 Å². The Hall–Kier alpha value is -1.59. The van der Waals surface area contributed by atoms with Gasteiger partial charge in [0.25, 0.3) is 5.91 Å². The molecule has 1 aliphatic rings. The van der Waals surface area contributed by atoms with Crippen LogP contribution in [0.25, 0.3) is 0 Å². The SMILES string of the molecule is CC(C1CC1)N(C)CCOc1ccccc1C(=O)NN. The maximum Gasteiger partial charge on any atom is 0.268 e.